The molecule has 0 radical (unpaired) electrons. The topological polar surface area (TPSA) is 67.7 Å². The third-order valence-electron chi connectivity index (χ3n) is 5.32. The van der Waals surface area contributed by atoms with E-state index >= 15 is 0 Å². The average Bonchev–Trinajstić information content (AvgIpc) is 3.10. The fourth-order valence-electron chi connectivity index (χ4n) is 3.67. The quantitative estimate of drug-likeness (QED) is 0.584. The summed E-state index contributed by atoms with van der Waals surface area (Å²) in [4.78, 5) is 16.6. The third kappa shape index (κ3) is 4.21. The largest absolute Gasteiger partial charge is 0.453 e. The summed E-state index contributed by atoms with van der Waals surface area (Å²) >= 11 is 0. The van der Waals surface area contributed by atoms with Crippen LogP contribution in [0, 0.1) is 6.92 Å². The number of aryl methyl sites for hydroxylation is 4. The van der Waals surface area contributed by atoms with Gasteiger partial charge in [-0.25, -0.2) is 9.78 Å². The van der Waals surface area contributed by atoms with Crippen molar-refractivity contribution in [3.63, 3.8) is 0 Å². The first kappa shape index (κ1) is 20.7. The number of nitrogens with zero attached hydrogens (tertiary/aromatic N) is 2. The lowest BCUT2D eigenvalue weighted by Crippen LogP contribution is -2.14. The van der Waals surface area contributed by atoms with Gasteiger partial charge >= 0.3 is 6.09 Å². The highest BCUT2D eigenvalue weighted by molar-refractivity contribution is 5.86. The molecule has 1 aromatic carbocycles. The van der Waals surface area contributed by atoms with Crippen LogP contribution in [-0.4, -0.2) is 22.6 Å². The van der Waals surface area contributed by atoms with Gasteiger partial charge in [0.1, 0.15) is 0 Å². The summed E-state index contributed by atoms with van der Waals surface area (Å²) in [5, 5.41) is 6.37. The van der Waals surface area contributed by atoms with E-state index in [0.717, 1.165) is 53.1 Å². The normalized spacial score (nSPS) is 10.9. The molecule has 0 aliphatic heterocycles. The van der Waals surface area contributed by atoms with Crippen molar-refractivity contribution in [3.8, 4) is 0 Å². The molecule has 2 N–H and O–H groups in total. The molecule has 6 nitrogen and oxygen atoms in total. The Bertz CT molecular complexity index is 1020. The van der Waals surface area contributed by atoms with Crippen LogP contribution >= 0.6 is 0 Å². The van der Waals surface area contributed by atoms with Crippen molar-refractivity contribution < 1.29 is 9.53 Å². The summed E-state index contributed by atoms with van der Waals surface area (Å²) in [6.07, 6.45) is 4.54. The predicted octanol–water partition coefficient (Wildman–Crippen LogP) is 5.12. The minimum atomic E-state index is -0.472. The molecule has 0 spiro atoms. The molecule has 0 aliphatic carbocycles. The molecule has 0 saturated heterocycles. The molecule has 3 rings (SSSR count). The number of ether oxygens (including phenoxy) is 1. The Hall–Kier alpha value is -3.02. The van der Waals surface area contributed by atoms with Gasteiger partial charge in [-0.3, -0.25) is 5.32 Å². The molecule has 0 bridgehead atoms. The van der Waals surface area contributed by atoms with E-state index in [1.54, 1.807) is 0 Å². The first-order valence-corrected chi connectivity index (χ1v) is 10.2. The number of hydrogen-bond donors (Lipinski definition) is 2. The Kier molecular flexibility index (Phi) is 6.42. The zero-order valence-corrected chi connectivity index (χ0v) is 17.9. The van der Waals surface area contributed by atoms with Gasteiger partial charge in [0, 0.05) is 24.1 Å². The second-order valence-corrected chi connectivity index (χ2v) is 7.09. The highest BCUT2D eigenvalue weighted by Crippen LogP contribution is 2.26. The van der Waals surface area contributed by atoms with Gasteiger partial charge in [0.15, 0.2) is 5.65 Å². The summed E-state index contributed by atoms with van der Waals surface area (Å²) in [7, 11) is 1.37. The highest BCUT2D eigenvalue weighted by atomic mass is 16.5. The van der Waals surface area contributed by atoms with Crippen molar-refractivity contribution in [3.05, 3.63) is 58.5 Å². The molecule has 2 aromatic heterocycles. The van der Waals surface area contributed by atoms with Crippen molar-refractivity contribution in [2.24, 2.45) is 0 Å². The van der Waals surface area contributed by atoms with Crippen LogP contribution in [0.1, 0.15) is 48.8 Å². The second-order valence-electron chi connectivity index (χ2n) is 7.09. The molecule has 0 atom stereocenters. The molecule has 154 valence electrons. The smallest absolute Gasteiger partial charge is 0.411 e. The van der Waals surface area contributed by atoms with E-state index in [-0.39, 0.29) is 0 Å². The van der Waals surface area contributed by atoms with E-state index in [0.29, 0.717) is 6.54 Å². The van der Waals surface area contributed by atoms with Crippen molar-refractivity contribution in [1.82, 2.24) is 9.38 Å². The van der Waals surface area contributed by atoms with E-state index in [2.05, 4.69) is 48.1 Å². The van der Waals surface area contributed by atoms with Crippen LogP contribution in [0.15, 0.2) is 30.5 Å². The van der Waals surface area contributed by atoms with Crippen LogP contribution < -0.4 is 10.6 Å². The molecule has 0 saturated carbocycles. The number of nitrogens with one attached hydrogen (secondary N) is 2. The number of aromatic nitrogens is 2. The summed E-state index contributed by atoms with van der Waals surface area (Å²) in [5.74, 6) is 0. The number of imidazole rings is 1. The Labute approximate surface area is 172 Å². The van der Waals surface area contributed by atoms with Crippen molar-refractivity contribution in [1.29, 1.82) is 0 Å². The predicted molar refractivity (Wildman–Crippen MR) is 118 cm³/mol. The van der Waals surface area contributed by atoms with Gasteiger partial charge in [-0.15, -0.1) is 0 Å². The maximum atomic E-state index is 11.7. The molecule has 0 unspecified atom stereocenters. The number of methoxy groups -OCH3 is 1. The van der Waals surface area contributed by atoms with Crippen molar-refractivity contribution in [2.75, 3.05) is 17.7 Å². The van der Waals surface area contributed by atoms with Crippen molar-refractivity contribution in [2.45, 2.75) is 53.5 Å². The Balaban J connectivity index is 1.99. The molecule has 2 heterocycles. The first-order valence-electron chi connectivity index (χ1n) is 10.2. The first-order chi connectivity index (χ1) is 14.0. The number of carbonyl (C=O) groups is 1. The Morgan fingerprint density at radius 2 is 1.93 bits per heavy atom. The van der Waals surface area contributed by atoms with Gasteiger partial charge < -0.3 is 14.5 Å². The lowest BCUT2D eigenvalue weighted by atomic mass is 10.1. The summed E-state index contributed by atoms with van der Waals surface area (Å²) in [5.41, 5.74) is 8.50. The molecule has 6 heteroatoms. The molecule has 3 aromatic rings. The SMILES string of the molecule is CCc1cc(NCc2c(C)cccc2NC(=O)OC)c2nc(CC)c(CC)n2c1. The highest BCUT2D eigenvalue weighted by Gasteiger charge is 2.15. The number of carbonyl (C=O) groups excluding carboxylic acids is 1. The lowest BCUT2D eigenvalue weighted by molar-refractivity contribution is 0.187. The van der Waals surface area contributed by atoms with E-state index in [4.69, 9.17) is 9.72 Å². The maximum absolute atomic E-state index is 11.7. The number of rotatable bonds is 7. The average molecular weight is 395 g/mol. The molecule has 0 aliphatic rings. The molecule has 0 fully saturated rings. The number of benzene rings is 1. The zero-order valence-electron chi connectivity index (χ0n) is 17.9. The standard InChI is InChI=1S/C23H30N4O2/c1-6-16-12-20(22-25-18(7-2)21(8-3)27(22)14-16)24-13-17-15(4)10-9-11-19(17)26-23(28)29-5/h9-12,14,24H,6-8,13H2,1-5H3,(H,26,28). The van der Waals surface area contributed by atoms with E-state index < -0.39 is 6.09 Å². The molecule has 29 heavy (non-hydrogen) atoms. The lowest BCUT2D eigenvalue weighted by Gasteiger charge is -2.16. The van der Waals surface area contributed by atoms with E-state index in [1.165, 1.54) is 18.4 Å². The van der Waals surface area contributed by atoms with Crippen LogP contribution in [0.3, 0.4) is 0 Å². The van der Waals surface area contributed by atoms with Crippen LogP contribution in [0.25, 0.3) is 5.65 Å². The number of anilines is 2. The molecule has 1 amide bonds. The van der Waals surface area contributed by atoms with Gasteiger partial charge in [-0.2, -0.15) is 0 Å². The minimum absolute atomic E-state index is 0.472. The van der Waals surface area contributed by atoms with Gasteiger partial charge in [0.25, 0.3) is 0 Å². The van der Waals surface area contributed by atoms with Gasteiger partial charge in [-0.1, -0.05) is 32.9 Å². The van der Waals surface area contributed by atoms with E-state index in [9.17, 15) is 4.79 Å². The van der Waals surface area contributed by atoms with Crippen LogP contribution in [-0.2, 0) is 30.5 Å². The number of pyridine rings is 1. The van der Waals surface area contributed by atoms with E-state index in [1.807, 2.05) is 25.1 Å². The summed E-state index contributed by atoms with van der Waals surface area (Å²) in [6.45, 7) is 9.09. The van der Waals surface area contributed by atoms with Gasteiger partial charge in [0.2, 0.25) is 0 Å². The number of amides is 1. The third-order valence-corrected chi connectivity index (χ3v) is 5.32. The van der Waals surface area contributed by atoms with Crippen LogP contribution in [0.4, 0.5) is 16.2 Å². The fraction of sp³-hybridized carbons (Fsp3) is 0.391. The molecular formula is C23H30N4O2. The minimum Gasteiger partial charge on any atom is -0.453 e. The number of hydrogen-bond acceptors (Lipinski definition) is 4. The molecular weight excluding hydrogens is 364 g/mol. The number of fused-ring (bicyclic) bond motifs is 1. The second kappa shape index (κ2) is 8.99. The summed E-state index contributed by atoms with van der Waals surface area (Å²) in [6, 6.07) is 8.03. The Morgan fingerprint density at radius 1 is 1.14 bits per heavy atom. The fourth-order valence-corrected chi connectivity index (χ4v) is 3.67. The van der Waals surface area contributed by atoms with Gasteiger partial charge in [-0.05, 0) is 55.0 Å². The maximum Gasteiger partial charge on any atom is 0.411 e. The van der Waals surface area contributed by atoms with Crippen LogP contribution in [0.2, 0.25) is 0 Å². The van der Waals surface area contributed by atoms with Gasteiger partial charge in [0.05, 0.1) is 18.5 Å². The monoisotopic (exact) mass is 394 g/mol. The Morgan fingerprint density at radius 3 is 2.59 bits per heavy atom. The van der Waals surface area contributed by atoms with Crippen LogP contribution in [0.5, 0.6) is 0 Å². The zero-order chi connectivity index (χ0) is 21.0. The van der Waals surface area contributed by atoms with Crippen molar-refractivity contribution >= 4 is 23.1 Å². The summed E-state index contributed by atoms with van der Waals surface area (Å²) < 4.78 is 6.98.